The molecule has 0 unspecified atom stereocenters. The number of nitrogens with zero attached hydrogens (tertiary/aromatic N) is 1. The van der Waals surface area contributed by atoms with Crippen LogP contribution >= 0.6 is 11.8 Å². The number of para-hydroxylation sites is 1. The van der Waals surface area contributed by atoms with Crippen LogP contribution in [0.15, 0.2) is 77.7 Å². The second-order valence-electron chi connectivity index (χ2n) is 7.51. The summed E-state index contributed by atoms with van der Waals surface area (Å²) in [4.78, 5) is 39.3. The molecule has 0 aliphatic carbocycles. The van der Waals surface area contributed by atoms with Crippen LogP contribution in [0.25, 0.3) is 6.08 Å². The minimum atomic E-state index is -0.331. The molecule has 0 spiro atoms. The first-order valence-corrected chi connectivity index (χ1v) is 11.1. The molecule has 0 atom stereocenters. The van der Waals surface area contributed by atoms with Gasteiger partial charge in [0.25, 0.3) is 17.1 Å². The van der Waals surface area contributed by atoms with Gasteiger partial charge in [0.2, 0.25) is 0 Å². The number of rotatable bonds is 6. The van der Waals surface area contributed by atoms with E-state index in [1.165, 1.54) is 4.90 Å². The van der Waals surface area contributed by atoms with Gasteiger partial charge in [0.15, 0.2) is 0 Å². The van der Waals surface area contributed by atoms with Crippen LogP contribution in [0, 0.1) is 6.92 Å². The van der Waals surface area contributed by atoms with Crippen molar-refractivity contribution in [1.82, 2.24) is 4.90 Å². The molecule has 7 heteroatoms. The molecule has 1 N–H and O–H groups in total. The number of carbonyl (C=O) groups excluding carboxylic acids is 3. The number of amides is 3. The number of benzene rings is 3. The van der Waals surface area contributed by atoms with Crippen LogP contribution < -0.4 is 10.1 Å². The molecule has 0 bridgehead atoms. The molecule has 1 aliphatic heterocycles. The zero-order valence-electron chi connectivity index (χ0n) is 18.2. The average Bonchev–Trinajstić information content (AvgIpc) is 3.08. The lowest BCUT2D eigenvalue weighted by molar-refractivity contribution is -0.123. The Morgan fingerprint density at radius 2 is 1.70 bits per heavy atom. The van der Waals surface area contributed by atoms with Crippen LogP contribution in [0.1, 0.15) is 27.0 Å². The number of carbonyl (C=O) groups is 3. The van der Waals surface area contributed by atoms with Gasteiger partial charge >= 0.3 is 0 Å². The van der Waals surface area contributed by atoms with Gasteiger partial charge in [-0.2, -0.15) is 0 Å². The smallest absolute Gasteiger partial charge is 0.293 e. The van der Waals surface area contributed by atoms with Crippen molar-refractivity contribution in [3.8, 4) is 5.75 Å². The Morgan fingerprint density at radius 3 is 2.36 bits per heavy atom. The van der Waals surface area contributed by atoms with Crippen molar-refractivity contribution in [2.45, 2.75) is 13.5 Å². The lowest BCUT2D eigenvalue weighted by Gasteiger charge is -2.13. The Balaban J connectivity index is 1.42. The number of anilines is 1. The quantitative estimate of drug-likeness (QED) is 0.494. The van der Waals surface area contributed by atoms with Crippen LogP contribution in [-0.4, -0.2) is 29.1 Å². The topological polar surface area (TPSA) is 75.7 Å². The Bertz CT molecular complexity index is 1230. The van der Waals surface area contributed by atoms with Gasteiger partial charge in [-0.1, -0.05) is 42.5 Å². The summed E-state index contributed by atoms with van der Waals surface area (Å²) in [6, 6.07) is 21.7. The number of nitrogens with one attached hydrogen (secondary N) is 1. The first-order valence-electron chi connectivity index (χ1n) is 10.3. The van der Waals surface area contributed by atoms with E-state index in [4.69, 9.17) is 4.74 Å². The number of imide groups is 1. The van der Waals surface area contributed by atoms with Gasteiger partial charge in [-0.25, -0.2) is 0 Å². The molecule has 0 saturated carbocycles. The molecule has 3 amide bonds. The number of aryl methyl sites for hydroxylation is 1. The van der Waals surface area contributed by atoms with Gasteiger partial charge in [-0.3, -0.25) is 19.3 Å². The molecule has 0 radical (unpaired) electrons. The van der Waals surface area contributed by atoms with Crippen molar-refractivity contribution in [1.29, 1.82) is 0 Å². The molecule has 1 saturated heterocycles. The molecule has 1 fully saturated rings. The van der Waals surface area contributed by atoms with Crippen molar-refractivity contribution in [2.24, 2.45) is 0 Å². The first-order chi connectivity index (χ1) is 15.9. The number of thioether (sulfide) groups is 1. The van der Waals surface area contributed by atoms with E-state index in [2.05, 4.69) is 5.32 Å². The maximum Gasteiger partial charge on any atom is 0.293 e. The van der Waals surface area contributed by atoms with Crippen molar-refractivity contribution < 1.29 is 19.1 Å². The summed E-state index contributed by atoms with van der Waals surface area (Å²) < 4.78 is 5.14. The molecular weight excluding hydrogens is 436 g/mol. The highest BCUT2D eigenvalue weighted by Crippen LogP contribution is 2.33. The fourth-order valence-corrected chi connectivity index (χ4v) is 4.18. The van der Waals surface area contributed by atoms with Gasteiger partial charge in [0.1, 0.15) is 5.75 Å². The minimum Gasteiger partial charge on any atom is -0.497 e. The summed E-state index contributed by atoms with van der Waals surface area (Å²) in [7, 11) is 1.59. The largest absolute Gasteiger partial charge is 0.497 e. The standard InChI is InChI=1S/C26H22N2O4S/c1-17-5-3-4-6-22(17)27-24(29)20-11-7-19(8-12-20)16-28-25(30)23(33-26(28)31)15-18-9-13-21(32-2)14-10-18/h3-15H,16H2,1-2H3,(H,27,29)/b23-15-. The SMILES string of the molecule is COc1ccc(/C=C2\SC(=O)N(Cc3ccc(C(=O)Nc4ccccc4C)cc3)C2=O)cc1. The van der Waals surface area contributed by atoms with E-state index in [-0.39, 0.29) is 23.6 Å². The zero-order valence-corrected chi connectivity index (χ0v) is 19.0. The van der Waals surface area contributed by atoms with Crippen LogP contribution in [0.3, 0.4) is 0 Å². The van der Waals surface area contributed by atoms with Crippen molar-refractivity contribution in [3.05, 3.63) is 100.0 Å². The number of hydrogen-bond donors (Lipinski definition) is 1. The molecule has 3 aromatic rings. The van der Waals surface area contributed by atoms with Crippen LogP contribution in [0.4, 0.5) is 10.5 Å². The Kier molecular flexibility index (Phi) is 6.60. The summed E-state index contributed by atoms with van der Waals surface area (Å²) in [5, 5.41) is 2.57. The molecule has 0 aromatic heterocycles. The predicted octanol–water partition coefficient (Wildman–Crippen LogP) is 5.49. The lowest BCUT2D eigenvalue weighted by atomic mass is 10.1. The summed E-state index contributed by atoms with van der Waals surface area (Å²) >= 11 is 0.920. The van der Waals surface area contributed by atoms with E-state index in [0.29, 0.717) is 10.5 Å². The van der Waals surface area contributed by atoms with E-state index in [1.54, 1.807) is 49.6 Å². The fourth-order valence-electron chi connectivity index (χ4n) is 3.34. The van der Waals surface area contributed by atoms with E-state index >= 15 is 0 Å². The molecule has 166 valence electrons. The molecule has 1 heterocycles. The third-order valence-corrected chi connectivity index (χ3v) is 6.14. The van der Waals surface area contributed by atoms with E-state index in [0.717, 1.165) is 39.9 Å². The van der Waals surface area contributed by atoms with Crippen LogP contribution in [0.2, 0.25) is 0 Å². The first kappa shape index (κ1) is 22.4. The second kappa shape index (κ2) is 9.75. The monoisotopic (exact) mass is 458 g/mol. The highest BCUT2D eigenvalue weighted by atomic mass is 32.2. The predicted molar refractivity (Wildman–Crippen MR) is 130 cm³/mol. The summed E-state index contributed by atoms with van der Waals surface area (Å²) in [5.41, 5.74) is 3.80. The van der Waals surface area contributed by atoms with E-state index in [9.17, 15) is 14.4 Å². The van der Waals surface area contributed by atoms with Crippen LogP contribution in [-0.2, 0) is 11.3 Å². The van der Waals surface area contributed by atoms with Crippen molar-refractivity contribution >= 4 is 40.6 Å². The van der Waals surface area contributed by atoms with Gasteiger partial charge in [-0.15, -0.1) is 0 Å². The van der Waals surface area contributed by atoms with E-state index in [1.807, 2.05) is 43.3 Å². The summed E-state index contributed by atoms with van der Waals surface area (Å²) in [6.07, 6.45) is 1.70. The Labute approximate surface area is 196 Å². The van der Waals surface area contributed by atoms with Gasteiger partial charge < -0.3 is 10.1 Å². The van der Waals surface area contributed by atoms with Gasteiger partial charge in [-0.05, 0) is 71.8 Å². The molecule has 1 aliphatic rings. The van der Waals surface area contributed by atoms with Crippen LogP contribution in [0.5, 0.6) is 5.75 Å². The number of hydrogen-bond acceptors (Lipinski definition) is 5. The summed E-state index contributed by atoms with van der Waals surface area (Å²) in [5.74, 6) is 0.169. The Morgan fingerprint density at radius 1 is 1.00 bits per heavy atom. The summed E-state index contributed by atoms with van der Waals surface area (Å²) in [6.45, 7) is 2.07. The Hall–Kier alpha value is -3.84. The number of ether oxygens (including phenoxy) is 1. The fraction of sp³-hybridized carbons (Fsp3) is 0.115. The minimum absolute atomic E-state index is 0.143. The highest BCUT2D eigenvalue weighted by Gasteiger charge is 2.35. The average molecular weight is 459 g/mol. The van der Waals surface area contributed by atoms with Crippen molar-refractivity contribution in [2.75, 3.05) is 12.4 Å². The van der Waals surface area contributed by atoms with Gasteiger partial charge in [0.05, 0.1) is 18.6 Å². The molecule has 3 aromatic carbocycles. The zero-order chi connectivity index (χ0) is 23.4. The van der Waals surface area contributed by atoms with Gasteiger partial charge in [0, 0.05) is 11.3 Å². The second-order valence-corrected chi connectivity index (χ2v) is 8.50. The van der Waals surface area contributed by atoms with Crippen molar-refractivity contribution in [3.63, 3.8) is 0 Å². The highest BCUT2D eigenvalue weighted by molar-refractivity contribution is 8.18. The third kappa shape index (κ3) is 5.15. The molecule has 33 heavy (non-hydrogen) atoms. The normalized spacial score (nSPS) is 14.6. The maximum atomic E-state index is 12.8. The lowest BCUT2D eigenvalue weighted by Crippen LogP contribution is -2.27. The van der Waals surface area contributed by atoms with E-state index < -0.39 is 0 Å². The third-order valence-electron chi connectivity index (χ3n) is 5.24. The molecule has 6 nitrogen and oxygen atoms in total. The maximum absolute atomic E-state index is 12.8. The molecule has 4 rings (SSSR count). The number of methoxy groups -OCH3 is 1. The molecular formula is C26H22N2O4S.